The fraction of sp³-hybridized carbons (Fsp3) is 0.263. The predicted molar refractivity (Wildman–Crippen MR) is 100 cm³/mol. The fourth-order valence-electron chi connectivity index (χ4n) is 2.20. The van der Waals surface area contributed by atoms with Crippen LogP contribution in [0, 0.1) is 24.0 Å². The number of para-hydroxylation sites is 1. The van der Waals surface area contributed by atoms with Crippen LogP contribution in [-0.2, 0) is 9.59 Å². The van der Waals surface area contributed by atoms with Crippen molar-refractivity contribution in [3.8, 4) is 5.75 Å². The number of rotatable bonds is 5. The Labute approximate surface area is 160 Å². The van der Waals surface area contributed by atoms with E-state index in [-0.39, 0.29) is 0 Å². The molecule has 8 heteroatoms. The third-order valence-electron chi connectivity index (χ3n) is 4.07. The van der Waals surface area contributed by atoms with E-state index in [2.05, 4.69) is 10.6 Å². The van der Waals surface area contributed by atoms with Gasteiger partial charge in [-0.1, -0.05) is 17.7 Å². The molecule has 0 aromatic heterocycles. The number of carbonyl (C=O) groups excluding carboxylic acids is 2. The molecule has 5 nitrogen and oxygen atoms in total. The molecule has 0 atom stereocenters. The highest BCUT2D eigenvalue weighted by Gasteiger charge is 2.37. The molecule has 0 unspecified atom stereocenters. The lowest BCUT2D eigenvalue weighted by molar-refractivity contribution is -0.135. The fourth-order valence-corrected chi connectivity index (χ4v) is 2.35. The lowest BCUT2D eigenvalue weighted by Gasteiger charge is -2.24. The van der Waals surface area contributed by atoms with Crippen molar-refractivity contribution in [2.24, 2.45) is 5.41 Å². The molecule has 0 aliphatic carbocycles. The largest absolute Gasteiger partial charge is 0.495 e. The zero-order valence-corrected chi connectivity index (χ0v) is 16.0. The van der Waals surface area contributed by atoms with Gasteiger partial charge in [0.25, 0.3) is 0 Å². The smallest absolute Gasteiger partial charge is 0.239 e. The van der Waals surface area contributed by atoms with Crippen molar-refractivity contribution in [2.75, 3.05) is 17.7 Å². The maximum absolute atomic E-state index is 13.7. The average molecular weight is 397 g/mol. The lowest BCUT2D eigenvalue weighted by Crippen LogP contribution is -2.42. The minimum atomic E-state index is -1.63. The molecule has 144 valence electrons. The number of ether oxygens (including phenoxy) is 1. The van der Waals surface area contributed by atoms with Gasteiger partial charge in [-0.3, -0.25) is 9.59 Å². The Hall–Kier alpha value is -2.67. The second kappa shape index (κ2) is 7.92. The van der Waals surface area contributed by atoms with Crippen molar-refractivity contribution in [3.05, 3.63) is 52.6 Å². The number of methoxy groups -OCH3 is 1. The summed E-state index contributed by atoms with van der Waals surface area (Å²) in [5.41, 5.74) is -1.22. The highest BCUT2D eigenvalue weighted by molar-refractivity contribution is 6.31. The first-order valence-corrected chi connectivity index (χ1v) is 8.36. The molecule has 2 rings (SSSR count). The Morgan fingerprint density at radius 3 is 2.19 bits per heavy atom. The molecule has 2 aromatic rings. The molecular weight excluding hydrogens is 378 g/mol. The summed E-state index contributed by atoms with van der Waals surface area (Å²) in [7, 11) is 1.41. The van der Waals surface area contributed by atoms with E-state index < -0.39 is 34.6 Å². The summed E-state index contributed by atoms with van der Waals surface area (Å²) < 4.78 is 32.7. The van der Waals surface area contributed by atoms with Crippen LogP contribution in [0.15, 0.2) is 30.3 Å². The molecule has 2 N–H and O–H groups in total. The van der Waals surface area contributed by atoms with Crippen LogP contribution in [-0.4, -0.2) is 18.9 Å². The van der Waals surface area contributed by atoms with Gasteiger partial charge in [-0.25, -0.2) is 8.78 Å². The number of aryl methyl sites for hydroxylation is 1. The first-order valence-electron chi connectivity index (χ1n) is 7.99. The van der Waals surface area contributed by atoms with E-state index in [1.165, 1.54) is 33.1 Å². The maximum atomic E-state index is 13.7. The van der Waals surface area contributed by atoms with Gasteiger partial charge in [0.2, 0.25) is 11.8 Å². The Morgan fingerprint density at radius 1 is 1.07 bits per heavy atom. The predicted octanol–water partition coefficient (Wildman–Crippen LogP) is 4.54. The van der Waals surface area contributed by atoms with Gasteiger partial charge in [0, 0.05) is 11.1 Å². The van der Waals surface area contributed by atoms with Gasteiger partial charge in [-0.05, 0) is 44.5 Å². The first kappa shape index (κ1) is 20.6. The van der Waals surface area contributed by atoms with Crippen molar-refractivity contribution >= 4 is 34.8 Å². The lowest BCUT2D eigenvalue weighted by atomic mass is 9.90. The van der Waals surface area contributed by atoms with Crippen molar-refractivity contribution in [1.29, 1.82) is 0 Å². The number of anilines is 2. The molecular formula is C19H19ClF2N2O3. The highest BCUT2D eigenvalue weighted by atomic mass is 35.5. The van der Waals surface area contributed by atoms with E-state index in [0.29, 0.717) is 22.0 Å². The average Bonchev–Trinajstić information content (AvgIpc) is 2.60. The highest BCUT2D eigenvalue weighted by Crippen LogP contribution is 2.32. The van der Waals surface area contributed by atoms with Crippen LogP contribution < -0.4 is 15.4 Å². The van der Waals surface area contributed by atoms with Gasteiger partial charge in [-0.15, -0.1) is 0 Å². The van der Waals surface area contributed by atoms with Crippen LogP contribution in [0.4, 0.5) is 20.2 Å². The SMILES string of the molecule is COc1cc(Cl)c(C)cc1NC(=O)C(C)(C)C(=O)Nc1c(F)cccc1F. The molecule has 0 saturated heterocycles. The zero-order valence-electron chi connectivity index (χ0n) is 15.2. The molecule has 0 saturated carbocycles. The van der Waals surface area contributed by atoms with Gasteiger partial charge in [0.15, 0.2) is 0 Å². The normalized spacial score (nSPS) is 11.1. The Bertz CT molecular complexity index is 881. The van der Waals surface area contributed by atoms with E-state index in [0.717, 1.165) is 12.1 Å². The number of amides is 2. The molecule has 2 amide bonds. The number of nitrogens with one attached hydrogen (secondary N) is 2. The summed E-state index contributed by atoms with van der Waals surface area (Å²) >= 11 is 6.03. The summed E-state index contributed by atoms with van der Waals surface area (Å²) in [6, 6.07) is 6.32. The Morgan fingerprint density at radius 2 is 1.63 bits per heavy atom. The van der Waals surface area contributed by atoms with Gasteiger partial charge >= 0.3 is 0 Å². The third-order valence-corrected chi connectivity index (χ3v) is 4.47. The summed E-state index contributed by atoms with van der Waals surface area (Å²) in [5.74, 6) is -3.11. The van der Waals surface area contributed by atoms with E-state index in [1.807, 2.05) is 0 Å². The van der Waals surface area contributed by atoms with E-state index >= 15 is 0 Å². The molecule has 0 fully saturated rings. The van der Waals surface area contributed by atoms with Gasteiger partial charge in [-0.2, -0.15) is 0 Å². The summed E-state index contributed by atoms with van der Waals surface area (Å²) in [5, 5.41) is 5.18. The standard InChI is InChI=1S/C19H19ClF2N2O3/c1-10-8-14(15(27-4)9-11(10)20)23-17(25)19(2,3)18(26)24-16-12(21)6-5-7-13(16)22/h5-9H,1-4H3,(H,23,25)(H,24,26). The monoisotopic (exact) mass is 396 g/mol. The molecule has 0 aliphatic rings. The minimum Gasteiger partial charge on any atom is -0.495 e. The number of hydrogen-bond acceptors (Lipinski definition) is 3. The van der Waals surface area contributed by atoms with Crippen LogP contribution in [0.25, 0.3) is 0 Å². The van der Waals surface area contributed by atoms with Crippen LogP contribution in [0.3, 0.4) is 0 Å². The topological polar surface area (TPSA) is 67.4 Å². The molecule has 0 bridgehead atoms. The summed E-state index contributed by atoms with van der Waals surface area (Å²) in [6.07, 6.45) is 0. The second-order valence-electron chi connectivity index (χ2n) is 6.43. The van der Waals surface area contributed by atoms with Gasteiger partial charge in [0.05, 0.1) is 12.8 Å². The van der Waals surface area contributed by atoms with Crippen molar-refractivity contribution in [2.45, 2.75) is 20.8 Å². The van der Waals surface area contributed by atoms with Crippen LogP contribution in [0.2, 0.25) is 5.02 Å². The Balaban J connectivity index is 2.24. The van der Waals surface area contributed by atoms with Crippen molar-refractivity contribution in [3.63, 3.8) is 0 Å². The van der Waals surface area contributed by atoms with E-state index in [9.17, 15) is 18.4 Å². The molecule has 0 spiro atoms. The maximum Gasteiger partial charge on any atom is 0.239 e. The Kier molecular flexibility index (Phi) is 6.05. The molecule has 2 aromatic carbocycles. The van der Waals surface area contributed by atoms with E-state index in [4.69, 9.17) is 16.3 Å². The zero-order chi connectivity index (χ0) is 20.4. The minimum absolute atomic E-state index is 0.315. The number of halogens is 3. The van der Waals surface area contributed by atoms with Crippen LogP contribution in [0.1, 0.15) is 19.4 Å². The number of hydrogen-bond donors (Lipinski definition) is 2. The van der Waals surface area contributed by atoms with Crippen LogP contribution in [0.5, 0.6) is 5.75 Å². The second-order valence-corrected chi connectivity index (χ2v) is 6.84. The number of carbonyl (C=O) groups is 2. The molecule has 0 aliphatic heterocycles. The third kappa shape index (κ3) is 4.36. The molecule has 27 heavy (non-hydrogen) atoms. The van der Waals surface area contributed by atoms with Crippen molar-refractivity contribution < 1.29 is 23.1 Å². The quantitative estimate of drug-likeness (QED) is 0.729. The van der Waals surface area contributed by atoms with Crippen LogP contribution >= 0.6 is 11.6 Å². The van der Waals surface area contributed by atoms with Crippen molar-refractivity contribution in [1.82, 2.24) is 0 Å². The molecule has 0 heterocycles. The van der Waals surface area contributed by atoms with E-state index in [1.54, 1.807) is 13.0 Å². The first-order chi connectivity index (χ1) is 12.6. The summed E-state index contributed by atoms with van der Waals surface area (Å²) in [6.45, 7) is 4.42. The van der Waals surface area contributed by atoms with Gasteiger partial charge in [0.1, 0.15) is 28.5 Å². The summed E-state index contributed by atoms with van der Waals surface area (Å²) in [4.78, 5) is 25.1. The van der Waals surface area contributed by atoms with Gasteiger partial charge < -0.3 is 15.4 Å². The molecule has 0 radical (unpaired) electrons. The number of benzene rings is 2.